The van der Waals surface area contributed by atoms with Crippen LogP contribution in [0.3, 0.4) is 0 Å². The number of aryl methyl sites for hydroxylation is 1. The Kier molecular flexibility index (Phi) is 5.75. The van der Waals surface area contributed by atoms with Crippen LogP contribution in [0.5, 0.6) is 0 Å². The number of fused-ring (bicyclic) bond motifs is 1. The van der Waals surface area contributed by atoms with E-state index in [9.17, 15) is 4.79 Å². The summed E-state index contributed by atoms with van der Waals surface area (Å²) in [4.78, 5) is 17.1. The van der Waals surface area contributed by atoms with Gasteiger partial charge in [0.05, 0.1) is 25.0 Å². The van der Waals surface area contributed by atoms with E-state index in [4.69, 9.17) is 6.48 Å². The predicted octanol–water partition coefficient (Wildman–Crippen LogP) is 6.07. The maximum absolute atomic E-state index is 10.9. The highest BCUT2D eigenvalue weighted by Gasteiger charge is 2.12. The van der Waals surface area contributed by atoms with Gasteiger partial charge in [0, 0.05) is 36.9 Å². The second-order valence-corrected chi connectivity index (χ2v) is 8.15. The fraction of sp³-hybridized carbons (Fsp3) is 0.0690. The molecule has 0 saturated carbocycles. The average molecular weight is 462 g/mol. The number of anilines is 2. The van der Waals surface area contributed by atoms with Gasteiger partial charge >= 0.3 is 5.97 Å². The van der Waals surface area contributed by atoms with Crippen LogP contribution in [0, 0.1) is 0 Å². The lowest BCUT2D eigenvalue weighted by Crippen LogP contribution is -2.16. The molecule has 5 aromatic rings. The Bertz CT molecular complexity index is 1550. The molecule has 0 spiro atoms. The Labute approximate surface area is 204 Å². The van der Waals surface area contributed by atoms with Gasteiger partial charge < -0.3 is 10.0 Å². The van der Waals surface area contributed by atoms with Gasteiger partial charge in [-0.2, -0.15) is 5.10 Å². The average Bonchev–Trinajstić information content (AvgIpc) is 3.28. The number of para-hydroxylation sites is 1. The standard InChI is InChI=1S/C29H24N4O2/c1-32-28-13-12-24(16-25(28)18-31-32)23-10-7-21(8-11-23)20-33(26-5-3-2-4-6-26)27-15-22(17-30-19-27)9-14-29(34)35/h2-19H,20H2,1H3,(H,34,35)/b14-9+/i20D. The molecule has 172 valence electrons. The fourth-order valence-corrected chi connectivity index (χ4v) is 3.98. The number of carboxylic acid groups (broad SMARTS) is 1. The van der Waals surface area contributed by atoms with Gasteiger partial charge in [-0.3, -0.25) is 9.67 Å². The number of rotatable bonds is 7. The largest absolute Gasteiger partial charge is 0.478 e. The summed E-state index contributed by atoms with van der Waals surface area (Å²) in [6.07, 6.45) is 7.71. The van der Waals surface area contributed by atoms with Gasteiger partial charge in [0.15, 0.2) is 0 Å². The van der Waals surface area contributed by atoms with Crippen molar-refractivity contribution in [3.05, 3.63) is 115 Å². The Morgan fingerprint density at radius 2 is 1.74 bits per heavy atom. The first kappa shape index (κ1) is 20.9. The van der Waals surface area contributed by atoms with Gasteiger partial charge in [-0.05, 0) is 58.7 Å². The van der Waals surface area contributed by atoms with E-state index in [0.29, 0.717) is 11.3 Å². The second kappa shape index (κ2) is 9.65. The zero-order valence-corrected chi connectivity index (χ0v) is 19.1. The molecule has 5 rings (SSSR count). The third kappa shape index (κ3) is 4.96. The lowest BCUT2D eigenvalue weighted by atomic mass is 10.0. The predicted molar refractivity (Wildman–Crippen MR) is 139 cm³/mol. The minimum Gasteiger partial charge on any atom is -0.478 e. The summed E-state index contributed by atoms with van der Waals surface area (Å²) in [5.74, 6) is -1.03. The van der Waals surface area contributed by atoms with Crippen molar-refractivity contribution in [1.82, 2.24) is 14.8 Å². The molecule has 3 aromatic carbocycles. The van der Waals surface area contributed by atoms with Crippen LogP contribution in [0.15, 0.2) is 104 Å². The Morgan fingerprint density at radius 1 is 0.971 bits per heavy atom. The molecular formula is C29H24N4O2. The first-order valence-electron chi connectivity index (χ1n) is 11.7. The van der Waals surface area contributed by atoms with Crippen LogP contribution in [0.4, 0.5) is 11.4 Å². The monoisotopic (exact) mass is 461 g/mol. The minimum atomic E-state index is -1.03. The van der Waals surface area contributed by atoms with Crippen molar-refractivity contribution in [1.29, 1.82) is 0 Å². The summed E-state index contributed by atoms with van der Waals surface area (Å²) < 4.78 is 11.0. The van der Waals surface area contributed by atoms with E-state index in [2.05, 4.69) is 28.3 Å². The number of hydrogen-bond donors (Lipinski definition) is 1. The van der Waals surface area contributed by atoms with Gasteiger partial charge in [0.2, 0.25) is 0 Å². The normalized spacial score (nSPS) is 12.5. The summed E-state index contributed by atoms with van der Waals surface area (Å²) >= 11 is 0. The molecule has 35 heavy (non-hydrogen) atoms. The van der Waals surface area contributed by atoms with Crippen LogP contribution in [0.25, 0.3) is 28.1 Å². The molecule has 1 N–H and O–H groups in total. The van der Waals surface area contributed by atoms with Gasteiger partial charge in [-0.15, -0.1) is 0 Å². The van der Waals surface area contributed by atoms with Crippen molar-refractivity contribution in [3.63, 3.8) is 0 Å². The molecule has 0 amide bonds. The van der Waals surface area contributed by atoms with Crippen LogP contribution in [0.2, 0.25) is 0 Å². The number of benzene rings is 3. The van der Waals surface area contributed by atoms with Crippen LogP contribution in [-0.4, -0.2) is 25.8 Å². The number of carboxylic acids is 1. The number of aliphatic carboxylic acids is 1. The van der Waals surface area contributed by atoms with E-state index < -0.39 is 12.5 Å². The maximum atomic E-state index is 10.9. The lowest BCUT2D eigenvalue weighted by molar-refractivity contribution is -0.131. The molecule has 6 heteroatoms. The van der Waals surface area contributed by atoms with E-state index in [-0.39, 0.29) is 0 Å². The molecule has 6 nitrogen and oxygen atoms in total. The van der Waals surface area contributed by atoms with Crippen molar-refractivity contribution < 1.29 is 11.3 Å². The summed E-state index contributed by atoms with van der Waals surface area (Å²) in [5.41, 5.74) is 6.22. The number of hydrogen-bond acceptors (Lipinski definition) is 4. The molecule has 2 aromatic heterocycles. The summed E-state index contributed by atoms with van der Waals surface area (Å²) in [6, 6.07) is 25.8. The van der Waals surface area contributed by atoms with Crippen molar-refractivity contribution in [2.24, 2.45) is 7.05 Å². The highest BCUT2D eigenvalue weighted by molar-refractivity contribution is 5.86. The summed E-state index contributed by atoms with van der Waals surface area (Å²) in [7, 11) is 1.93. The van der Waals surface area contributed by atoms with Crippen LogP contribution < -0.4 is 4.90 Å². The van der Waals surface area contributed by atoms with Gasteiger partial charge in [-0.25, -0.2) is 4.79 Å². The van der Waals surface area contributed by atoms with E-state index >= 15 is 0 Å². The molecule has 0 aliphatic heterocycles. The molecule has 0 bridgehead atoms. The zero-order valence-electron chi connectivity index (χ0n) is 20.1. The highest BCUT2D eigenvalue weighted by Crippen LogP contribution is 2.29. The maximum Gasteiger partial charge on any atom is 0.328 e. The van der Waals surface area contributed by atoms with Crippen molar-refractivity contribution in [3.8, 4) is 11.1 Å². The first-order chi connectivity index (χ1) is 17.5. The topological polar surface area (TPSA) is 71.2 Å². The fourth-order valence-electron chi connectivity index (χ4n) is 3.98. The van der Waals surface area contributed by atoms with E-state index in [1.807, 2.05) is 83.5 Å². The van der Waals surface area contributed by atoms with Crippen molar-refractivity contribution in [2.45, 2.75) is 6.52 Å². The Morgan fingerprint density at radius 3 is 2.51 bits per heavy atom. The first-order valence-corrected chi connectivity index (χ1v) is 11.1. The van der Waals surface area contributed by atoms with E-state index in [1.165, 1.54) is 6.08 Å². The van der Waals surface area contributed by atoms with Crippen molar-refractivity contribution in [2.75, 3.05) is 4.90 Å². The van der Waals surface area contributed by atoms with Crippen LogP contribution >= 0.6 is 0 Å². The molecule has 0 aliphatic rings. The molecule has 0 saturated heterocycles. The van der Waals surface area contributed by atoms with Gasteiger partial charge in [0.25, 0.3) is 0 Å². The van der Waals surface area contributed by atoms with E-state index in [1.54, 1.807) is 12.4 Å². The summed E-state index contributed by atoms with van der Waals surface area (Å²) in [5, 5.41) is 14.4. The number of pyridine rings is 1. The molecule has 0 radical (unpaired) electrons. The molecular weight excluding hydrogens is 436 g/mol. The number of aromatic nitrogens is 3. The molecule has 0 aliphatic carbocycles. The Hall–Kier alpha value is -4.71. The number of carbonyl (C=O) groups is 1. The second-order valence-electron chi connectivity index (χ2n) is 8.15. The lowest BCUT2D eigenvalue weighted by Gasteiger charge is -2.25. The zero-order chi connectivity index (χ0) is 25.1. The smallest absolute Gasteiger partial charge is 0.328 e. The third-order valence-corrected chi connectivity index (χ3v) is 5.74. The highest BCUT2D eigenvalue weighted by atomic mass is 16.4. The van der Waals surface area contributed by atoms with Gasteiger partial charge in [-0.1, -0.05) is 48.5 Å². The van der Waals surface area contributed by atoms with E-state index in [0.717, 1.165) is 39.4 Å². The molecule has 0 fully saturated rings. The third-order valence-electron chi connectivity index (χ3n) is 5.74. The number of nitrogens with zero attached hydrogens (tertiary/aromatic N) is 4. The molecule has 1 atom stereocenters. The Balaban J connectivity index is 1.48. The van der Waals surface area contributed by atoms with Crippen LogP contribution in [-0.2, 0) is 18.4 Å². The van der Waals surface area contributed by atoms with Crippen molar-refractivity contribution >= 4 is 34.3 Å². The summed E-state index contributed by atoms with van der Waals surface area (Å²) in [6.45, 7) is -0.747. The SMILES string of the molecule is [2H]C(c1ccc(-c2ccc3c(cnn3C)c2)cc1)N(c1ccccc1)c1cncc(/C=C/C(=O)O)c1. The minimum absolute atomic E-state index is 0.643. The van der Waals surface area contributed by atoms with Gasteiger partial charge in [0.1, 0.15) is 0 Å². The molecule has 2 heterocycles. The quantitative estimate of drug-likeness (QED) is 0.298. The van der Waals surface area contributed by atoms with Crippen LogP contribution in [0.1, 0.15) is 12.5 Å². The molecule has 1 unspecified atom stereocenters.